The summed E-state index contributed by atoms with van der Waals surface area (Å²) in [5, 5.41) is 3.98. The lowest BCUT2D eigenvalue weighted by molar-refractivity contribution is -0.141. The molecule has 0 fully saturated rings. The maximum Gasteiger partial charge on any atom is 0.433 e. The Morgan fingerprint density at radius 1 is 1.37 bits per heavy atom. The molecule has 0 bridgehead atoms. The third kappa shape index (κ3) is 2.81. The third-order valence-corrected chi connectivity index (χ3v) is 2.40. The number of nitrogens with one attached hydrogen (secondary N) is 1. The second-order valence-corrected chi connectivity index (χ2v) is 3.69. The van der Waals surface area contributed by atoms with Crippen LogP contribution in [0.4, 0.5) is 19.1 Å². The van der Waals surface area contributed by atoms with Gasteiger partial charge in [-0.3, -0.25) is 10.1 Å². The van der Waals surface area contributed by atoms with Crippen molar-refractivity contribution in [2.75, 3.05) is 5.43 Å². The zero-order valence-corrected chi connectivity index (χ0v) is 9.94. The number of hydrogen-bond acceptors (Lipinski definition) is 5. The highest BCUT2D eigenvalue weighted by Crippen LogP contribution is 2.30. The molecule has 0 aliphatic heterocycles. The lowest BCUT2D eigenvalue weighted by Crippen LogP contribution is -2.15. The van der Waals surface area contributed by atoms with Crippen LogP contribution in [0.25, 0.3) is 11.3 Å². The number of aromatic nitrogens is 4. The fourth-order valence-electron chi connectivity index (χ4n) is 1.47. The number of hydrogen-bond donors (Lipinski definition) is 2. The number of nitrogen functional groups attached to an aromatic ring is 1. The van der Waals surface area contributed by atoms with E-state index in [1.807, 2.05) is 12.3 Å². The van der Waals surface area contributed by atoms with Gasteiger partial charge in [-0.1, -0.05) is 0 Å². The Labute approximate surface area is 106 Å². The van der Waals surface area contributed by atoms with E-state index in [-0.39, 0.29) is 11.6 Å². The topological polar surface area (TPSA) is 81.7 Å². The molecule has 0 aromatic carbocycles. The van der Waals surface area contributed by atoms with E-state index in [0.717, 1.165) is 6.07 Å². The van der Waals surface area contributed by atoms with Crippen LogP contribution in [-0.4, -0.2) is 19.7 Å². The van der Waals surface area contributed by atoms with Gasteiger partial charge in [0.15, 0.2) is 5.69 Å². The first-order chi connectivity index (χ1) is 8.94. The molecule has 2 heterocycles. The van der Waals surface area contributed by atoms with Crippen LogP contribution in [0, 0.1) is 0 Å². The molecule has 2 aromatic heterocycles. The van der Waals surface area contributed by atoms with E-state index in [0.29, 0.717) is 12.1 Å². The number of aryl methyl sites for hydroxylation is 1. The minimum atomic E-state index is -4.57. The van der Waals surface area contributed by atoms with Crippen molar-refractivity contribution in [3.8, 4) is 11.3 Å². The van der Waals surface area contributed by atoms with Gasteiger partial charge in [0, 0.05) is 18.3 Å². The van der Waals surface area contributed by atoms with E-state index >= 15 is 0 Å². The molecule has 0 atom stereocenters. The lowest BCUT2D eigenvalue weighted by Gasteiger charge is -2.09. The van der Waals surface area contributed by atoms with E-state index in [4.69, 9.17) is 5.84 Å². The molecule has 0 aliphatic rings. The summed E-state index contributed by atoms with van der Waals surface area (Å²) in [4.78, 5) is 7.16. The van der Waals surface area contributed by atoms with Crippen LogP contribution >= 0.6 is 0 Å². The van der Waals surface area contributed by atoms with Crippen molar-refractivity contribution in [3.05, 3.63) is 24.2 Å². The maximum atomic E-state index is 12.7. The first-order valence-electron chi connectivity index (χ1n) is 5.39. The summed E-state index contributed by atoms with van der Waals surface area (Å²) in [6, 6.07) is 0.859. The Kier molecular flexibility index (Phi) is 3.38. The first kappa shape index (κ1) is 13.3. The van der Waals surface area contributed by atoms with Gasteiger partial charge in [0.1, 0.15) is 0 Å². The smallest absolute Gasteiger partial charge is 0.292 e. The van der Waals surface area contributed by atoms with Crippen molar-refractivity contribution < 1.29 is 13.2 Å². The Balaban J connectivity index is 2.50. The van der Waals surface area contributed by atoms with E-state index in [1.54, 1.807) is 10.9 Å². The SMILES string of the molecule is CCn1cc(-c2cc(C(F)(F)F)nc(NN)n2)cn1. The molecular formula is C10H11F3N6. The molecule has 3 N–H and O–H groups in total. The summed E-state index contributed by atoms with van der Waals surface area (Å²) >= 11 is 0. The average molecular weight is 272 g/mol. The normalized spacial score (nSPS) is 11.6. The van der Waals surface area contributed by atoms with Gasteiger partial charge < -0.3 is 0 Å². The summed E-state index contributed by atoms with van der Waals surface area (Å²) in [6.07, 6.45) is -1.53. The molecule has 0 amide bonds. The summed E-state index contributed by atoms with van der Waals surface area (Å²) in [5.41, 5.74) is 1.53. The minimum Gasteiger partial charge on any atom is -0.292 e. The van der Waals surface area contributed by atoms with E-state index < -0.39 is 11.9 Å². The summed E-state index contributed by atoms with van der Waals surface area (Å²) < 4.78 is 39.7. The summed E-state index contributed by atoms with van der Waals surface area (Å²) in [7, 11) is 0. The van der Waals surface area contributed by atoms with Crippen molar-refractivity contribution in [1.82, 2.24) is 19.7 Å². The van der Waals surface area contributed by atoms with Crippen LogP contribution in [0.2, 0.25) is 0 Å². The number of nitrogens with zero attached hydrogens (tertiary/aromatic N) is 4. The highest BCUT2D eigenvalue weighted by molar-refractivity contribution is 5.59. The Morgan fingerprint density at radius 3 is 2.63 bits per heavy atom. The Hall–Kier alpha value is -2.16. The third-order valence-electron chi connectivity index (χ3n) is 2.40. The number of halogens is 3. The van der Waals surface area contributed by atoms with Crippen molar-refractivity contribution >= 4 is 5.95 Å². The molecule has 2 aromatic rings. The van der Waals surface area contributed by atoms with Crippen LogP contribution in [0.5, 0.6) is 0 Å². The lowest BCUT2D eigenvalue weighted by atomic mass is 10.2. The van der Waals surface area contributed by atoms with Crippen LogP contribution in [0.15, 0.2) is 18.5 Å². The predicted molar refractivity (Wildman–Crippen MR) is 61.7 cm³/mol. The van der Waals surface area contributed by atoms with Crippen LogP contribution in [-0.2, 0) is 12.7 Å². The highest BCUT2D eigenvalue weighted by atomic mass is 19.4. The quantitative estimate of drug-likeness (QED) is 0.656. The van der Waals surface area contributed by atoms with Crippen LogP contribution in [0.3, 0.4) is 0 Å². The van der Waals surface area contributed by atoms with Crippen molar-refractivity contribution in [2.24, 2.45) is 5.84 Å². The molecule has 0 saturated carbocycles. The fourth-order valence-corrected chi connectivity index (χ4v) is 1.47. The van der Waals surface area contributed by atoms with Gasteiger partial charge in [0.2, 0.25) is 5.95 Å². The highest BCUT2D eigenvalue weighted by Gasteiger charge is 2.33. The number of anilines is 1. The van der Waals surface area contributed by atoms with Gasteiger partial charge in [-0.2, -0.15) is 18.3 Å². The van der Waals surface area contributed by atoms with Gasteiger partial charge in [-0.25, -0.2) is 15.8 Å². The van der Waals surface area contributed by atoms with E-state index in [1.165, 1.54) is 6.20 Å². The molecule has 0 spiro atoms. The maximum absolute atomic E-state index is 12.7. The average Bonchev–Trinajstić information content (AvgIpc) is 2.86. The monoisotopic (exact) mass is 272 g/mol. The molecule has 0 saturated heterocycles. The second-order valence-electron chi connectivity index (χ2n) is 3.69. The molecular weight excluding hydrogens is 261 g/mol. The van der Waals surface area contributed by atoms with Gasteiger partial charge in [-0.05, 0) is 13.0 Å². The van der Waals surface area contributed by atoms with Crippen molar-refractivity contribution in [1.29, 1.82) is 0 Å². The molecule has 102 valence electrons. The number of alkyl halides is 3. The van der Waals surface area contributed by atoms with Gasteiger partial charge in [0.25, 0.3) is 0 Å². The fraction of sp³-hybridized carbons (Fsp3) is 0.300. The first-order valence-corrected chi connectivity index (χ1v) is 5.39. The molecule has 2 rings (SSSR count). The van der Waals surface area contributed by atoms with E-state index in [9.17, 15) is 13.2 Å². The molecule has 0 aliphatic carbocycles. The van der Waals surface area contributed by atoms with Crippen LogP contribution in [0.1, 0.15) is 12.6 Å². The standard InChI is InChI=1S/C10H11F3N6/c1-2-19-5-6(4-15-19)7-3-8(10(11,12)13)17-9(16-7)18-14/h3-5H,2,14H2,1H3,(H,16,17,18). The van der Waals surface area contributed by atoms with E-state index in [2.05, 4.69) is 15.1 Å². The molecule has 0 unspecified atom stereocenters. The Morgan fingerprint density at radius 2 is 2.11 bits per heavy atom. The van der Waals surface area contributed by atoms with Gasteiger partial charge in [0.05, 0.1) is 11.9 Å². The minimum absolute atomic E-state index is 0.106. The molecule has 0 radical (unpaired) electrons. The number of rotatable bonds is 3. The zero-order valence-electron chi connectivity index (χ0n) is 9.94. The second kappa shape index (κ2) is 4.84. The number of nitrogens with two attached hydrogens (primary N) is 1. The summed E-state index contributed by atoms with van der Waals surface area (Å²) in [6.45, 7) is 2.48. The van der Waals surface area contributed by atoms with Crippen molar-refractivity contribution in [3.63, 3.8) is 0 Å². The summed E-state index contributed by atoms with van der Waals surface area (Å²) in [5.74, 6) is 4.78. The molecule has 9 heteroatoms. The van der Waals surface area contributed by atoms with Crippen molar-refractivity contribution in [2.45, 2.75) is 19.6 Å². The van der Waals surface area contributed by atoms with Gasteiger partial charge >= 0.3 is 6.18 Å². The largest absolute Gasteiger partial charge is 0.433 e. The molecule has 6 nitrogen and oxygen atoms in total. The number of hydrazine groups is 1. The van der Waals surface area contributed by atoms with Gasteiger partial charge in [-0.15, -0.1) is 0 Å². The van der Waals surface area contributed by atoms with Crippen LogP contribution < -0.4 is 11.3 Å². The molecule has 19 heavy (non-hydrogen) atoms. The zero-order chi connectivity index (χ0) is 14.0. The predicted octanol–water partition coefficient (Wildman–Crippen LogP) is 1.66. The Bertz CT molecular complexity index is 577.